The predicted octanol–water partition coefficient (Wildman–Crippen LogP) is 3.86. The lowest BCUT2D eigenvalue weighted by Gasteiger charge is -2.32. The fourth-order valence-corrected chi connectivity index (χ4v) is 4.53. The maximum atomic E-state index is 13.5. The van der Waals surface area contributed by atoms with Gasteiger partial charge in [0, 0.05) is 17.1 Å². The van der Waals surface area contributed by atoms with Crippen LogP contribution in [0, 0.1) is 6.92 Å². The molecule has 0 aliphatic rings. The first kappa shape index (κ1) is 26.9. The molecule has 2 rings (SSSR count). The summed E-state index contributed by atoms with van der Waals surface area (Å²) in [4.78, 5) is 27.8. The van der Waals surface area contributed by atoms with Gasteiger partial charge in [0.15, 0.2) is 0 Å². The smallest absolute Gasteiger partial charge is 0.244 e. The van der Waals surface area contributed by atoms with Gasteiger partial charge in [-0.2, -0.15) is 0 Å². The fourth-order valence-electron chi connectivity index (χ4n) is 3.30. The van der Waals surface area contributed by atoms with E-state index in [0.29, 0.717) is 10.2 Å². The van der Waals surface area contributed by atoms with Crippen molar-refractivity contribution < 1.29 is 18.0 Å². The molecule has 0 radical (unpaired) electrons. The van der Waals surface area contributed by atoms with Crippen molar-refractivity contribution >= 4 is 43.5 Å². The second-order valence-corrected chi connectivity index (χ2v) is 11.1. The molecule has 1 N–H and O–H groups in total. The average molecular weight is 539 g/mol. The van der Waals surface area contributed by atoms with Crippen LogP contribution in [0.25, 0.3) is 0 Å². The number of nitrogens with zero attached hydrogens (tertiary/aromatic N) is 2. The highest BCUT2D eigenvalue weighted by atomic mass is 79.9. The lowest BCUT2D eigenvalue weighted by molar-refractivity contribution is -0.139. The Bertz CT molecular complexity index is 1090. The van der Waals surface area contributed by atoms with Gasteiger partial charge in [-0.3, -0.25) is 13.9 Å². The lowest BCUT2D eigenvalue weighted by atomic mass is 10.1. The van der Waals surface area contributed by atoms with Crippen LogP contribution in [0.1, 0.15) is 38.3 Å². The van der Waals surface area contributed by atoms with Crippen molar-refractivity contribution in [2.45, 2.75) is 52.7 Å². The van der Waals surface area contributed by atoms with Crippen molar-refractivity contribution in [3.63, 3.8) is 0 Å². The van der Waals surface area contributed by atoms with Gasteiger partial charge < -0.3 is 10.2 Å². The van der Waals surface area contributed by atoms with Crippen molar-refractivity contribution in [1.29, 1.82) is 0 Å². The maximum Gasteiger partial charge on any atom is 0.244 e. The monoisotopic (exact) mass is 537 g/mol. The average Bonchev–Trinajstić information content (AvgIpc) is 2.74. The third kappa shape index (κ3) is 7.85. The van der Waals surface area contributed by atoms with Crippen LogP contribution in [0.15, 0.2) is 53.0 Å². The first-order valence-electron chi connectivity index (χ1n) is 10.8. The van der Waals surface area contributed by atoms with Gasteiger partial charge in [0.1, 0.15) is 12.6 Å². The lowest BCUT2D eigenvalue weighted by Crippen LogP contribution is -2.52. The van der Waals surface area contributed by atoms with Crippen LogP contribution in [-0.4, -0.2) is 50.0 Å². The van der Waals surface area contributed by atoms with Crippen LogP contribution < -0.4 is 9.62 Å². The molecular formula is C24H32BrN3O4S. The molecule has 9 heteroatoms. The Balaban J connectivity index is 2.38. The van der Waals surface area contributed by atoms with E-state index in [2.05, 4.69) is 21.2 Å². The molecule has 7 nitrogen and oxygen atoms in total. The van der Waals surface area contributed by atoms with E-state index in [1.807, 2.05) is 45.0 Å². The van der Waals surface area contributed by atoms with Crippen LogP contribution in [0.5, 0.6) is 0 Å². The number of anilines is 1. The van der Waals surface area contributed by atoms with E-state index in [1.54, 1.807) is 31.2 Å². The molecule has 0 fully saturated rings. The second-order valence-electron chi connectivity index (χ2n) is 8.25. The SMILES string of the molecule is CC[C@@H](C)NC(=O)[C@@H](C)N(Cc1cccc(C)c1)C(=O)CN(c1cccc(Br)c1)S(C)(=O)=O. The van der Waals surface area contributed by atoms with E-state index < -0.39 is 28.5 Å². The molecular weight excluding hydrogens is 506 g/mol. The summed E-state index contributed by atoms with van der Waals surface area (Å²) in [7, 11) is -3.75. The van der Waals surface area contributed by atoms with E-state index >= 15 is 0 Å². The van der Waals surface area contributed by atoms with E-state index in [9.17, 15) is 18.0 Å². The largest absolute Gasteiger partial charge is 0.352 e. The number of carbonyl (C=O) groups is 2. The minimum absolute atomic E-state index is 0.0370. The summed E-state index contributed by atoms with van der Waals surface area (Å²) in [6.45, 7) is 7.25. The highest BCUT2D eigenvalue weighted by molar-refractivity contribution is 9.10. The van der Waals surface area contributed by atoms with Crippen molar-refractivity contribution in [3.05, 3.63) is 64.1 Å². The molecule has 0 aliphatic carbocycles. The van der Waals surface area contributed by atoms with E-state index in [1.165, 1.54) is 4.90 Å². The highest BCUT2D eigenvalue weighted by Crippen LogP contribution is 2.23. The van der Waals surface area contributed by atoms with Crippen LogP contribution in [0.2, 0.25) is 0 Å². The molecule has 2 aromatic rings. The molecule has 0 unspecified atom stereocenters. The highest BCUT2D eigenvalue weighted by Gasteiger charge is 2.30. The van der Waals surface area contributed by atoms with Crippen LogP contribution in [0.3, 0.4) is 0 Å². The van der Waals surface area contributed by atoms with Crippen molar-refractivity contribution in [2.24, 2.45) is 0 Å². The fraction of sp³-hybridized carbons (Fsp3) is 0.417. The topological polar surface area (TPSA) is 86.8 Å². The summed E-state index contributed by atoms with van der Waals surface area (Å²) in [5.41, 5.74) is 2.26. The zero-order chi connectivity index (χ0) is 24.8. The zero-order valence-corrected chi connectivity index (χ0v) is 22.1. The molecule has 180 valence electrons. The Morgan fingerprint density at radius 3 is 2.33 bits per heavy atom. The summed E-state index contributed by atoms with van der Waals surface area (Å²) in [6.07, 6.45) is 1.82. The molecule has 0 saturated carbocycles. The van der Waals surface area contributed by atoms with E-state index in [4.69, 9.17) is 0 Å². The number of benzene rings is 2. The first-order chi connectivity index (χ1) is 15.4. The number of hydrogen-bond acceptors (Lipinski definition) is 4. The number of amides is 2. The third-order valence-electron chi connectivity index (χ3n) is 5.38. The summed E-state index contributed by atoms with van der Waals surface area (Å²) in [6, 6.07) is 13.6. The van der Waals surface area contributed by atoms with Gasteiger partial charge >= 0.3 is 0 Å². The Labute approximate surface area is 205 Å². The van der Waals surface area contributed by atoms with Gasteiger partial charge in [-0.15, -0.1) is 0 Å². The molecule has 2 amide bonds. The zero-order valence-electron chi connectivity index (χ0n) is 19.7. The molecule has 33 heavy (non-hydrogen) atoms. The molecule has 0 heterocycles. The minimum Gasteiger partial charge on any atom is -0.352 e. The second kappa shape index (κ2) is 11.7. The third-order valence-corrected chi connectivity index (χ3v) is 7.01. The van der Waals surface area contributed by atoms with Gasteiger partial charge in [-0.1, -0.05) is 58.7 Å². The van der Waals surface area contributed by atoms with Crippen molar-refractivity contribution in [2.75, 3.05) is 17.1 Å². The van der Waals surface area contributed by atoms with Crippen LogP contribution in [-0.2, 0) is 26.2 Å². The summed E-state index contributed by atoms with van der Waals surface area (Å²) in [5, 5.41) is 2.91. The van der Waals surface area contributed by atoms with Crippen molar-refractivity contribution in [3.8, 4) is 0 Å². The molecule has 0 spiro atoms. The Kier molecular flexibility index (Phi) is 9.48. The minimum atomic E-state index is -3.75. The Hall–Kier alpha value is -2.39. The Morgan fingerprint density at radius 1 is 1.09 bits per heavy atom. The molecule has 2 atom stereocenters. The number of aryl methyl sites for hydroxylation is 1. The number of halogens is 1. The quantitative estimate of drug-likeness (QED) is 0.498. The summed E-state index contributed by atoms with van der Waals surface area (Å²) in [5.74, 6) is -0.743. The maximum absolute atomic E-state index is 13.5. The molecule has 2 aromatic carbocycles. The van der Waals surface area contributed by atoms with Gasteiger partial charge in [-0.05, 0) is 51.0 Å². The number of hydrogen-bond donors (Lipinski definition) is 1. The van der Waals surface area contributed by atoms with Gasteiger partial charge in [0.05, 0.1) is 11.9 Å². The summed E-state index contributed by atoms with van der Waals surface area (Å²) >= 11 is 3.35. The standard InChI is InChI=1S/C24H32BrN3O4S/c1-6-18(3)26-24(30)19(4)27(15-20-10-7-9-17(2)13-20)23(29)16-28(33(5,31)32)22-12-8-11-21(25)14-22/h7-14,18-19H,6,15-16H2,1-5H3,(H,26,30)/t18-,19-/m1/s1. The molecule has 0 aliphatic heterocycles. The van der Waals surface area contributed by atoms with Gasteiger partial charge in [0.25, 0.3) is 0 Å². The number of rotatable bonds is 10. The number of nitrogens with one attached hydrogen (secondary N) is 1. The summed E-state index contributed by atoms with van der Waals surface area (Å²) < 4.78 is 26.9. The normalized spacial score (nSPS) is 13.2. The van der Waals surface area contributed by atoms with Crippen LogP contribution >= 0.6 is 15.9 Å². The molecule has 0 saturated heterocycles. The molecule has 0 bridgehead atoms. The number of carbonyl (C=O) groups excluding carboxylic acids is 2. The molecule has 0 aromatic heterocycles. The van der Waals surface area contributed by atoms with Crippen LogP contribution in [0.4, 0.5) is 5.69 Å². The van der Waals surface area contributed by atoms with Gasteiger partial charge in [-0.25, -0.2) is 8.42 Å². The van der Waals surface area contributed by atoms with E-state index in [-0.39, 0.29) is 18.5 Å². The predicted molar refractivity (Wildman–Crippen MR) is 135 cm³/mol. The van der Waals surface area contributed by atoms with Crippen molar-refractivity contribution in [1.82, 2.24) is 10.2 Å². The number of sulfonamides is 1. The Morgan fingerprint density at radius 2 is 1.76 bits per heavy atom. The van der Waals surface area contributed by atoms with Gasteiger partial charge in [0.2, 0.25) is 21.8 Å². The first-order valence-corrected chi connectivity index (χ1v) is 13.4. The van der Waals surface area contributed by atoms with E-state index in [0.717, 1.165) is 28.1 Å².